The molecule has 0 atom stereocenters. The van der Waals surface area contributed by atoms with Crippen LogP contribution < -0.4 is 16.5 Å². The van der Waals surface area contributed by atoms with Crippen molar-refractivity contribution in [2.24, 2.45) is 0 Å². The van der Waals surface area contributed by atoms with Crippen molar-refractivity contribution in [1.29, 1.82) is 0 Å². The van der Waals surface area contributed by atoms with E-state index in [-0.39, 0.29) is 22.4 Å². The number of nitrogens with one attached hydrogen (secondary N) is 1. The summed E-state index contributed by atoms with van der Waals surface area (Å²) in [6.45, 7) is 1.61. The number of benzene rings is 1. The van der Waals surface area contributed by atoms with Crippen molar-refractivity contribution in [2.75, 3.05) is 11.1 Å². The van der Waals surface area contributed by atoms with Gasteiger partial charge in [-0.25, -0.2) is 4.39 Å². The van der Waals surface area contributed by atoms with Gasteiger partial charge in [-0.05, 0) is 31.2 Å². The van der Waals surface area contributed by atoms with Gasteiger partial charge in [-0.2, -0.15) is 0 Å². The summed E-state index contributed by atoms with van der Waals surface area (Å²) < 4.78 is 13.0. The van der Waals surface area contributed by atoms with Crippen molar-refractivity contribution >= 4 is 29.9 Å². The molecular weight excluding hydrogens is 276 g/mol. The van der Waals surface area contributed by atoms with E-state index in [2.05, 4.69) is 10.3 Å². The largest absolute Gasteiger partial charge is 0.490 e. The van der Waals surface area contributed by atoms with Gasteiger partial charge in [0.25, 0.3) is 5.91 Å². The van der Waals surface area contributed by atoms with Crippen LogP contribution in [0.3, 0.4) is 0 Å². The molecule has 0 radical (unpaired) electrons. The molecule has 0 bridgehead atoms. The maximum absolute atomic E-state index is 13.0. The molecule has 21 heavy (non-hydrogen) atoms. The lowest BCUT2D eigenvalue weighted by atomic mass is 9.80. The third-order valence-corrected chi connectivity index (χ3v) is 2.91. The van der Waals surface area contributed by atoms with E-state index in [9.17, 15) is 9.18 Å². The van der Waals surface area contributed by atoms with Gasteiger partial charge in [0.15, 0.2) is 0 Å². The van der Waals surface area contributed by atoms with Gasteiger partial charge in [0, 0.05) is 17.4 Å². The average Bonchev–Trinajstić information content (AvgIpc) is 2.42. The van der Waals surface area contributed by atoms with E-state index in [4.69, 9.17) is 15.8 Å². The first-order valence-electron chi connectivity index (χ1n) is 6.07. The molecule has 5 N–H and O–H groups in total. The van der Waals surface area contributed by atoms with Crippen LogP contribution in [0.25, 0.3) is 0 Å². The Hall–Kier alpha value is -2.45. The average molecular weight is 289 g/mol. The summed E-state index contributed by atoms with van der Waals surface area (Å²) in [5, 5.41) is 20.7. The lowest BCUT2D eigenvalue weighted by Crippen LogP contribution is -2.32. The van der Waals surface area contributed by atoms with Crippen LogP contribution in [0.5, 0.6) is 0 Å². The minimum atomic E-state index is -1.72. The molecular formula is C13H13BFN3O3. The van der Waals surface area contributed by atoms with Crippen LogP contribution in [0.4, 0.5) is 15.8 Å². The number of nitrogens with two attached hydrogens (primary N) is 1. The van der Waals surface area contributed by atoms with Crippen molar-refractivity contribution in [1.82, 2.24) is 4.98 Å². The number of carbonyl (C=O) groups excluding carboxylic acids is 1. The van der Waals surface area contributed by atoms with Gasteiger partial charge in [-0.15, -0.1) is 0 Å². The summed E-state index contributed by atoms with van der Waals surface area (Å²) in [5.41, 5.74) is 6.64. The maximum atomic E-state index is 13.0. The van der Waals surface area contributed by atoms with Gasteiger partial charge in [0.05, 0.1) is 16.9 Å². The topological polar surface area (TPSA) is 108 Å². The van der Waals surface area contributed by atoms with E-state index in [1.165, 1.54) is 24.4 Å². The van der Waals surface area contributed by atoms with Crippen LogP contribution in [0.2, 0.25) is 0 Å². The first-order valence-corrected chi connectivity index (χ1v) is 6.07. The molecule has 6 nitrogen and oxygen atoms in total. The van der Waals surface area contributed by atoms with Crippen molar-refractivity contribution in [3.8, 4) is 0 Å². The summed E-state index contributed by atoms with van der Waals surface area (Å²) in [4.78, 5) is 16.1. The van der Waals surface area contributed by atoms with Crippen molar-refractivity contribution in [2.45, 2.75) is 6.92 Å². The van der Waals surface area contributed by atoms with Crippen LogP contribution in [0.1, 0.15) is 16.1 Å². The van der Waals surface area contributed by atoms with Crippen LogP contribution in [-0.2, 0) is 0 Å². The Bertz CT molecular complexity index is 694. The number of aryl methyl sites for hydroxylation is 1. The van der Waals surface area contributed by atoms with E-state index in [1.54, 1.807) is 6.92 Å². The molecule has 1 aromatic carbocycles. The molecule has 2 rings (SSSR count). The summed E-state index contributed by atoms with van der Waals surface area (Å²) in [6.07, 6.45) is 1.27. The molecule has 0 spiro atoms. The Kier molecular flexibility index (Phi) is 4.20. The fourth-order valence-electron chi connectivity index (χ4n) is 1.76. The van der Waals surface area contributed by atoms with Gasteiger partial charge in [0.2, 0.25) is 0 Å². The number of rotatable bonds is 3. The molecule has 0 fully saturated rings. The van der Waals surface area contributed by atoms with Crippen molar-refractivity contribution < 1.29 is 19.2 Å². The number of amides is 1. The van der Waals surface area contributed by atoms with Crippen LogP contribution >= 0.6 is 0 Å². The lowest BCUT2D eigenvalue weighted by Gasteiger charge is -2.10. The van der Waals surface area contributed by atoms with Crippen LogP contribution in [0, 0.1) is 12.7 Å². The third-order valence-electron chi connectivity index (χ3n) is 2.91. The predicted octanol–water partition coefficient (Wildman–Crippen LogP) is 0.0434. The van der Waals surface area contributed by atoms with E-state index < -0.39 is 18.8 Å². The predicted molar refractivity (Wildman–Crippen MR) is 77.6 cm³/mol. The van der Waals surface area contributed by atoms with Gasteiger partial charge >= 0.3 is 7.12 Å². The quantitative estimate of drug-likeness (QED) is 0.471. The van der Waals surface area contributed by atoms with Gasteiger partial charge in [0.1, 0.15) is 5.82 Å². The first-order chi connectivity index (χ1) is 9.88. The maximum Gasteiger partial charge on any atom is 0.490 e. The summed E-state index contributed by atoms with van der Waals surface area (Å²) in [7, 11) is -1.72. The zero-order valence-electron chi connectivity index (χ0n) is 11.2. The van der Waals surface area contributed by atoms with E-state index in [1.807, 2.05) is 0 Å². The molecule has 8 heteroatoms. The summed E-state index contributed by atoms with van der Waals surface area (Å²) >= 11 is 0. The van der Waals surface area contributed by atoms with Gasteiger partial charge in [-0.1, -0.05) is 0 Å². The highest BCUT2D eigenvalue weighted by molar-refractivity contribution is 6.58. The Morgan fingerprint density at radius 3 is 2.71 bits per heavy atom. The number of aromatic nitrogens is 1. The molecule has 0 saturated heterocycles. The molecule has 1 aromatic heterocycles. The third kappa shape index (κ3) is 3.36. The Morgan fingerprint density at radius 1 is 1.38 bits per heavy atom. The smallest absolute Gasteiger partial charge is 0.423 e. The molecule has 1 amide bonds. The standard InChI is InChI=1S/C13H13BFN3O3/c1-7-10(4-8(6-17-7)14(20)21)13(19)18-12-3-2-9(15)5-11(12)16/h2-6,20-21H,16H2,1H3,(H,18,19). The number of halogens is 1. The van der Waals surface area contributed by atoms with Gasteiger partial charge in [-0.3, -0.25) is 9.78 Å². The van der Waals surface area contributed by atoms with Crippen LogP contribution in [-0.4, -0.2) is 28.1 Å². The highest BCUT2D eigenvalue weighted by Crippen LogP contribution is 2.20. The Balaban J connectivity index is 2.30. The number of hydrogen-bond acceptors (Lipinski definition) is 5. The molecule has 0 unspecified atom stereocenters. The highest BCUT2D eigenvalue weighted by atomic mass is 19.1. The van der Waals surface area contributed by atoms with E-state index in [0.717, 1.165) is 6.07 Å². The number of carbonyl (C=O) groups is 1. The molecule has 0 aliphatic rings. The molecule has 1 heterocycles. The number of nitrogens with zero attached hydrogens (tertiary/aromatic N) is 1. The number of hydrogen-bond donors (Lipinski definition) is 4. The van der Waals surface area contributed by atoms with E-state index >= 15 is 0 Å². The number of nitrogen functional groups attached to an aromatic ring is 1. The van der Waals surface area contributed by atoms with Crippen molar-refractivity contribution in [3.63, 3.8) is 0 Å². The number of pyridine rings is 1. The van der Waals surface area contributed by atoms with Crippen LogP contribution in [0.15, 0.2) is 30.5 Å². The molecule has 0 saturated carbocycles. The molecule has 0 aliphatic heterocycles. The zero-order valence-corrected chi connectivity index (χ0v) is 11.2. The minimum absolute atomic E-state index is 0.0901. The molecule has 108 valence electrons. The zero-order chi connectivity index (χ0) is 15.6. The summed E-state index contributed by atoms with van der Waals surface area (Å²) in [6, 6.07) is 4.93. The Morgan fingerprint density at radius 2 is 2.10 bits per heavy atom. The molecule has 2 aromatic rings. The first kappa shape index (κ1) is 15.0. The summed E-state index contributed by atoms with van der Waals surface area (Å²) in [5.74, 6) is -1.03. The fourth-order valence-corrected chi connectivity index (χ4v) is 1.76. The highest BCUT2D eigenvalue weighted by Gasteiger charge is 2.17. The van der Waals surface area contributed by atoms with Crippen molar-refractivity contribution in [3.05, 3.63) is 47.5 Å². The monoisotopic (exact) mass is 289 g/mol. The Labute approximate surface area is 120 Å². The SMILES string of the molecule is Cc1ncc(B(O)O)cc1C(=O)Nc1ccc(F)cc1N. The van der Waals surface area contributed by atoms with E-state index in [0.29, 0.717) is 5.69 Å². The lowest BCUT2D eigenvalue weighted by molar-refractivity contribution is 0.102. The second-order valence-corrected chi connectivity index (χ2v) is 4.46. The second kappa shape index (κ2) is 5.90. The second-order valence-electron chi connectivity index (χ2n) is 4.46. The number of anilines is 2. The normalized spacial score (nSPS) is 10.3. The fraction of sp³-hybridized carbons (Fsp3) is 0.0769. The van der Waals surface area contributed by atoms with Gasteiger partial charge < -0.3 is 21.1 Å². The molecule has 0 aliphatic carbocycles. The minimum Gasteiger partial charge on any atom is -0.423 e.